The first kappa shape index (κ1) is 16.1. The lowest BCUT2D eigenvalue weighted by atomic mass is 9.69. The summed E-state index contributed by atoms with van der Waals surface area (Å²) in [6.45, 7) is 6.54. The van der Waals surface area contributed by atoms with E-state index in [2.05, 4.69) is 51.1 Å². The topological polar surface area (TPSA) is 37.4 Å². The van der Waals surface area contributed by atoms with Gasteiger partial charge in [0.2, 0.25) is 0 Å². The summed E-state index contributed by atoms with van der Waals surface area (Å²) >= 11 is 0. The number of hydrogen-bond donors (Lipinski definition) is 0. The van der Waals surface area contributed by atoms with Gasteiger partial charge in [0.05, 0.1) is 16.6 Å². The van der Waals surface area contributed by atoms with Gasteiger partial charge in [0.15, 0.2) is 0 Å². The Labute approximate surface area is 155 Å². The largest absolute Gasteiger partial charge is 0.262 e. The van der Waals surface area contributed by atoms with Crippen LogP contribution in [0.25, 0.3) is 10.8 Å². The zero-order valence-electron chi connectivity index (χ0n) is 15.4. The number of allylic oxidation sites excluding steroid dienone is 4. The lowest BCUT2D eigenvalue weighted by Crippen LogP contribution is -2.56. The number of anilines is 1. The highest BCUT2D eigenvalue weighted by molar-refractivity contribution is 7.96. The van der Waals surface area contributed by atoms with Gasteiger partial charge in [-0.3, -0.25) is 4.31 Å². The highest BCUT2D eigenvalue weighted by Crippen LogP contribution is 2.55. The summed E-state index contributed by atoms with van der Waals surface area (Å²) in [5.74, 6) is -0.0359. The highest BCUT2D eigenvalue weighted by Gasteiger charge is 2.56. The van der Waals surface area contributed by atoms with Crippen molar-refractivity contribution < 1.29 is 8.42 Å². The van der Waals surface area contributed by atoms with Gasteiger partial charge < -0.3 is 0 Å². The van der Waals surface area contributed by atoms with Crippen LogP contribution in [0.4, 0.5) is 5.69 Å². The zero-order valence-corrected chi connectivity index (χ0v) is 16.2. The summed E-state index contributed by atoms with van der Waals surface area (Å²) in [5, 5.41) is 2.27. The van der Waals surface area contributed by atoms with Crippen molar-refractivity contribution in [2.45, 2.75) is 39.7 Å². The SMILES string of the molecule is CC1=C[C@@H]2C(=CC1)S(=O)(=O)N1c3cc4ccccc4cc3C[C@@H]1C2(C)C. The molecule has 2 aromatic rings. The standard InChI is InChI=1S/C22H23NO2S/c1-14-8-9-20-18(10-14)22(2,3)21-13-17-11-15-6-4-5-7-16(15)12-19(17)23(21)26(20,24)25/h4-7,9-12,18,21H,8,13H2,1-3H3/t18-,21-/m1/s1. The van der Waals surface area contributed by atoms with E-state index in [1.165, 1.54) is 11.0 Å². The molecule has 2 atom stereocenters. The van der Waals surface area contributed by atoms with E-state index < -0.39 is 10.0 Å². The van der Waals surface area contributed by atoms with Crippen LogP contribution < -0.4 is 4.31 Å². The lowest BCUT2D eigenvalue weighted by Gasteiger charge is -2.49. The molecule has 0 spiro atoms. The summed E-state index contributed by atoms with van der Waals surface area (Å²) in [6, 6.07) is 12.4. The van der Waals surface area contributed by atoms with Crippen molar-refractivity contribution in [3.63, 3.8) is 0 Å². The number of hydrogen-bond acceptors (Lipinski definition) is 2. The molecular formula is C22H23NO2S. The Hall–Kier alpha value is -2.07. The van der Waals surface area contributed by atoms with E-state index >= 15 is 0 Å². The predicted molar refractivity (Wildman–Crippen MR) is 107 cm³/mol. The van der Waals surface area contributed by atoms with Crippen LogP contribution in [0.1, 0.15) is 32.8 Å². The molecule has 26 heavy (non-hydrogen) atoms. The van der Waals surface area contributed by atoms with E-state index in [1.54, 1.807) is 4.31 Å². The summed E-state index contributed by atoms with van der Waals surface area (Å²) in [6.07, 6.45) is 5.63. The third kappa shape index (κ3) is 1.96. The van der Waals surface area contributed by atoms with Crippen LogP contribution in [-0.4, -0.2) is 14.5 Å². The average molecular weight is 365 g/mol. The molecule has 1 aliphatic carbocycles. The molecule has 1 saturated heterocycles. The van der Waals surface area contributed by atoms with E-state index in [1.807, 2.05) is 18.2 Å². The van der Waals surface area contributed by atoms with Crippen LogP contribution in [0.3, 0.4) is 0 Å². The first-order valence-electron chi connectivity index (χ1n) is 9.23. The molecule has 0 aromatic heterocycles. The third-order valence-corrected chi connectivity index (χ3v) is 8.47. The van der Waals surface area contributed by atoms with Crippen molar-refractivity contribution >= 4 is 26.5 Å². The lowest BCUT2D eigenvalue weighted by molar-refractivity contribution is 0.228. The third-order valence-electron chi connectivity index (χ3n) is 6.48. The summed E-state index contributed by atoms with van der Waals surface area (Å²) in [5.41, 5.74) is 3.12. The number of fused-ring (bicyclic) bond motifs is 5. The van der Waals surface area contributed by atoms with E-state index in [4.69, 9.17) is 0 Å². The van der Waals surface area contributed by atoms with Gasteiger partial charge in [0, 0.05) is 5.92 Å². The molecule has 134 valence electrons. The van der Waals surface area contributed by atoms with Crippen LogP contribution in [0.2, 0.25) is 0 Å². The fourth-order valence-electron chi connectivity index (χ4n) is 4.96. The maximum Gasteiger partial charge on any atom is 0.261 e. The molecule has 2 aromatic carbocycles. The normalized spacial score (nSPS) is 28.0. The Balaban J connectivity index is 1.76. The molecule has 3 nitrogen and oxygen atoms in total. The molecule has 0 saturated carbocycles. The van der Waals surface area contributed by atoms with Gasteiger partial charge in [-0.1, -0.05) is 55.8 Å². The van der Waals surface area contributed by atoms with E-state index in [0.29, 0.717) is 4.91 Å². The zero-order chi connectivity index (χ0) is 18.3. The first-order chi connectivity index (χ1) is 12.3. The van der Waals surface area contributed by atoms with Gasteiger partial charge in [-0.15, -0.1) is 0 Å². The van der Waals surface area contributed by atoms with E-state index in [-0.39, 0.29) is 17.4 Å². The monoisotopic (exact) mass is 365 g/mol. The van der Waals surface area contributed by atoms with Gasteiger partial charge in [0.1, 0.15) is 0 Å². The van der Waals surface area contributed by atoms with Crippen molar-refractivity contribution in [2.75, 3.05) is 4.31 Å². The Bertz CT molecular complexity index is 1110. The predicted octanol–water partition coefficient (Wildman–Crippen LogP) is 4.79. The molecule has 1 fully saturated rings. The van der Waals surface area contributed by atoms with Gasteiger partial charge in [0.25, 0.3) is 10.0 Å². The van der Waals surface area contributed by atoms with Gasteiger partial charge in [-0.2, -0.15) is 0 Å². The Morgan fingerprint density at radius 2 is 1.81 bits per heavy atom. The molecule has 0 amide bonds. The minimum Gasteiger partial charge on any atom is -0.262 e. The van der Waals surface area contributed by atoms with Gasteiger partial charge >= 0.3 is 0 Å². The van der Waals surface area contributed by atoms with E-state index in [9.17, 15) is 8.42 Å². The highest BCUT2D eigenvalue weighted by atomic mass is 32.2. The summed E-state index contributed by atoms with van der Waals surface area (Å²) in [4.78, 5) is 0.588. The summed E-state index contributed by atoms with van der Waals surface area (Å²) < 4.78 is 28.8. The second kappa shape index (κ2) is 5.01. The van der Waals surface area contributed by atoms with Crippen molar-refractivity contribution in [1.29, 1.82) is 0 Å². The van der Waals surface area contributed by atoms with E-state index in [0.717, 1.165) is 29.5 Å². The fourth-order valence-corrected chi connectivity index (χ4v) is 7.28. The Kier molecular flexibility index (Phi) is 3.11. The van der Waals surface area contributed by atoms with Crippen LogP contribution in [0, 0.1) is 11.3 Å². The minimum atomic E-state index is -3.49. The van der Waals surface area contributed by atoms with Crippen LogP contribution in [0.15, 0.2) is 59.0 Å². The number of nitrogens with zero attached hydrogens (tertiary/aromatic N) is 1. The molecule has 3 aliphatic rings. The second-order valence-electron chi connectivity index (χ2n) is 8.47. The first-order valence-corrected chi connectivity index (χ1v) is 10.7. The maximum atomic E-state index is 13.6. The van der Waals surface area contributed by atoms with Crippen molar-refractivity contribution in [3.05, 3.63) is 64.6 Å². The number of rotatable bonds is 0. The quantitative estimate of drug-likeness (QED) is 0.630. The molecule has 4 heteroatoms. The molecule has 0 bridgehead atoms. The minimum absolute atomic E-state index is 0.0359. The number of sulfonamides is 1. The van der Waals surface area contributed by atoms with Gasteiger partial charge in [-0.25, -0.2) is 8.42 Å². The van der Waals surface area contributed by atoms with Crippen molar-refractivity contribution in [3.8, 4) is 0 Å². The fraction of sp³-hybridized carbons (Fsp3) is 0.364. The molecule has 2 heterocycles. The van der Waals surface area contributed by atoms with Gasteiger partial charge in [-0.05, 0) is 53.6 Å². The second-order valence-corrected chi connectivity index (χ2v) is 10.3. The Morgan fingerprint density at radius 1 is 1.12 bits per heavy atom. The molecular weight excluding hydrogens is 342 g/mol. The number of benzene rings is 2. The molecule has 0 N–H and O–H groups in total. The van der Waals surface area contributed by atoms with Crippen LogP contribution in [-0.2, 0) is 16.4 Å². The average Bonchev–Trinajstić information content (AvgIpc) is 2.98. The molecule has 5 rings (SSSR count). The smallest absolute Gasteiger partial charge is 0.261 e. The van der Waals surface area contributed by atoms with Crippen molar-refractivity contribution in [1.82, 2.24) is 0 Å². The molecule has 0 radical (unpaired) electrons. The van der Waals surface area contributed by atoms with Crippen LogP contribution in [0.5, 0.6) is 0 Å². The Morgan fingerprint density at radius 3 is 2.54 bits per heavy atom. The summed E-state index contributed by atoms with van der Waals surface area (Å²) in [7, 11) is -3.49. The molecule has 2 aliphatic heterocycles. The molecule has 0 unspecified atom stereocenters. The van der Waals surface area contributed by atoms with Crippen LogP contribution >= 0.6 is 0 Å². The maximum absolute atomic E-state index is 13.6. The van der Waals surface area contributed by atoms with Crippen molar-refractivity contribution in [2.24, 2.45) is 11.3 Å².